The van der Waals surface area contributed by atoms with Crippen molar-refractivity contribution in [2.45, 2.75) is 19.8 Å². The van der Waals surface area contributed by atoms with Gasteiger partial charge in [-0.1, -0.05) is 0 Å². The Hall–Kier alpha value is -4.34. The van der Waals surface area contributed by atoms with Gasteiger partial charge in [0.2, 0.25) is 5.95 Å². The van der Waals surface area contributed by atoms with Crippen LogP contribution in [0, 0.1) is 12.7 Å². The lowest BCUT2D eigenvalue weighted by Crippen LogP contribution is -2.18. The van der Waals surface area contributed by atoms with E-state index in [2.05, 4.69) is 30.7 Å². The van der Waals surface area contributed by atoms with E-state index in [4.69, 9.17) is 4.74 Å². The second-order valence-electron chi connectivity index (χ2n) is 7.60. The summed E-state index contributed by atoms with van der Waals surface area (Å²) < 4.78 is 21.5. The van der Waals surface area contributed by atoms with E-state index >= 15 is 0 Å². The van der Waals surface area contributed by atoms with E-state index in [1.165, 1.54) is 26.3 Å². The summed E-state index contributed by atoms with van der Waals surface area (Å²) in [5, 5.41) is 9.97. The number of aryl methyl sites for hydroxylation is 3. The van der Waals surface area contributed by atoms with Crippen LogP contribution >= 0.6 is 0 Å². The summed E-state index contributed by atoms with van der Waals surface area (Å²) in [6.07, 6.45) is 9.46. The van der Waals surface area contributed by atoms with E-state index in [-0.39, 0.29) is 11.7 Å². The maximum absolute atomic E-state index is 14.7. The summed E-state index contributed by atoms with van der Waals surface area (Å²) in [6, 6.07) is 6.78. The third kappa shape index (κ3) is 5.17. The molecule has 34 heavy (non-hydrogen) atoms. The predicted molar refractivity (Wildman–Crippen MR) is 125 cm³/mol. The number of methoxy groups -OCH3 is 1. The highest BCUT2D eigenvalue weighted by Gasteiger charge is 2.15. The first-order valence-electron chi connectivity index (χ1n) is 10.6. The van der Waals surface area contributed by atoms with Crippen LogP contribution in [0.2, 0.25) is 0 Å². The van der Waals surface area contributed by atoms with E-state index in [0.717, 1.165) is 22.6 Å². The normalized spacial score (nSPS) is 10.7. The number of hydrogen-bond donors (Lipinski definition) is 2. The molecule has 1 amide bonds. The van der Waals surface area contributed by atoms with Gasteiger partial charge in [0.1, 0.15) is 0 Å². The second kappa shape index (κ2) is 10.1. The molecule has 0 spiro atoms. The van der Waals surface area contributed by atoms with Crippen LogP contribution in [-0.4, -0.2) is 44.8 Å². The maximum Gasteiger partial charge on any atom is 0.251 e. The molecule has 1 aromatic carbocycles. The second-order valence-corrected chi connectivity index (χ2v) is 7.60. The summed E-state index contributed by atoms with van der Waals surface area (Å²) >= 11 is 0. The Morgan fingerprint density at radius 2 is 1.88 bits per heavy atom. The molecule has 9 nitrogen and oxygen atoms in total. The molecule has 0 unspecified atom stereocenters. The van der Waals surface area contributed by atoms with Crippen molar-refractivity contribution in [3.63, 3.8) is 0 Å². The quantitative estimate of drug-likeness (QED) is 0.414. The van der Waals surface area contributed by atoms with E-state index < -0.39 is 5.82 Å². The number of pyridine rings is 1. The number of halogens is 1. The number of rotatable bonds is 8. The molecular weight excluding hydrogens is 437 g/mol. The zero-order valence-electron chi connectivity index (χ0n) is 19.0. The molecule has 0 atom stereocenters. The SMILES string of the molecule is CNC(=O)c1cc(CCc2cnc(Nc3cnn(-c4ccc(C)nc4)c3)nc2)c(F)c(OC)c1. The molecule has 3 heterocycles. The molecule has 0 fully saturated rings. The van der Waals surface area contributed by atoms with Crippen LogP contribution < -0.4 is 15.4 Å². The largest absolute Gasteiger partial charge is 0.494 e. The van der Waals surface area contributed by atoms with Crippen LogP contribution in [0.1, 0.15) is 27.2 Å². The standard InChI is InChI=1S/C24H24FN7O2/c1-15-4-7-20(13-27-15)32-14-19(12-30-32)31-24-28-10-16(11-29-24)5-6-17-8-18(23(33)26-2)9-21(34-3)22(17)25/h4,7-14H,5-6H2,1-3H3,(H,26,33)(H,28,29,31). The summed E-state index contributed by atoms with van der Waals surface area (Å²) in [5.74, 6) is -0.330. The van der Waals surface area contributed by atoms with Gasteiger partial charge in [0.05, 0.1) is 37.1 Å². The summed E-state index contributed by atoms with van der Waals surface area (Å²) in [4.78, 5) is 24.9. The Labute approximate surface area is 196 Å². The molecule has 0 aliphatic rings. The third-order valence-corrected chi connectivity index (χ3v) is 5.21. The minimum atomic E-state index is -0.477. The number of aromatic nitrogens is 5. The molecule has 0 aliphatic heterocycles. The molecule has 0 saturated carbocycles. The molecule has 10 heteroatoms. The van der Waals surface area contributed by atoms with Crippen LogP contribution in [-0.2, 0) is 12.8 Å². The van der Waals surface area contributed by atoms with Gasteiger partial charge >= 0.3 is 0 Å². The molecule has 174 valence electrons. The minimum absolute atomic E-state index is 0.0360. The van der Waals surface area contributed by atoms with Gasteiger partial charge in [-0.3, -0.25) is 9.78 Å². The van der Waals surface area contributed by atoms with Gasteiger partial charge in [-0.15, -0.1) is 0 Å². The van der Waals surface area contributed by atoms with Crippen LogP contribution in [0.4, 0.5) is 16.0 Å². The Morgan fingerprint density at radius 1 is 1.09 bits per heavy atom. The van der Waals surface area contributed by atoms with Crippen LogP contribution in [0.3, 0.4) is 0 Å². The zero-order valence-corrected chi connectivity index (χ0v) is 19.0. The van der Waals surface area contributed by atoms with E-state index in [1.54, 1.807) is 29.5 Å². The highest BCUT2D eigenvalue weighted by molar-refractivity contribution is 5.94. The number of carbonyl (C=O) groups excluding carboxylic acids is 1. The van der Waals surface area contributed by atoms with Gasteiger partial charge in [-0.25, -0.2) is 19.0 Å². The number of nitrogens with one attached hydrogen (secondary N) is 2. The predicted octanol–water partition coefficient (Wildman–Crippen LogP) is 3.40. The number of amides is 1. The van der Waals surface area contributed by atoms with E-state index in [9.17, 15) is 9.18 Å². The minimum Gasteiger partial charge on any atom is -0.494 e. The first-order valence-corrected chi connectivity index (χ1v) is 10.6. The zero-order chi connectivity index (χ0) is 24.1. The van der Waals surface area contributed by atoms with Crippen molar-refractivity contribution in [3.8, 4) is 11.4 Å². The highest BCUT2D eigenvalue weighted by Crippen LogP contribution is 2.24. The molecule has 0 radical (unpaired) electrons. The number of ether oxygens (including phenoxy) is 1. The lowest BCUT2D eigenvalue weighted by molar-refractivity contribution is 0.0962. The van der Waals surface area contributed by atoms with Gasteiger partial charge in [0.25, 0.3) is 5.91 Å². The molecule has 3 aromatic heterocycles. The average molecular weight is 462 g/mol. The Kier molecular flexibility index (Phi) is 6.77. The molecule has 2 N–H and O–H groups in total. The van der Waals surface area contributed by atoms with Crippen LogP contribution in [0.15, 0.2) is 55.2 Å². The Morgan fingerprint density at radius 3 is 2.56 bits per heavy atom. The summed E-state index contributed by atoms with van der Waals surface area (Å²) in [5.41, 5.74) is 4.07. The lowest BCUT2D eigenvalue weighted by atomic mass is 10.0. The molecule has 4 rings (SSSR count). The number of hydrogen-bond acceptors (Lipinski definition) is 7. The first kappa shape index (κ1) is 22.8. The fourth-order valence-corrected chi connectivity index (χ4v) is 3.34. The monoisotopic (exact) mass is 461 g/mol. The maximum atomic E-state index is 14.7. The van der Waals surface area contributed by atoms with Gasteiger partial charge in [-0.2, -0.15) is 5.10 Å². The van der Waals surface area contributed by atoms with Gasteiger partial charge in [0.15, 0.2) is 11.6 Å². The van der Waals surface area contributed by atoms with Crippen molar-refractivity contribution in [2.24, 2.45) is 0 Å². The van der Waals surface area contributed by atoms with Crippen molar-refractivity contribution in [2.75, 3.05) is 19.5 Å². The number of benzene rings is 1. The topological polar surface area (TPSA) is 107 Å². The lowest BCUT2D eigenvalue weighted by Gasteiger charge is -2.11. The van der Waals surface area contributed by atoms with Gasteiger partial charge in [-0.05, 0) is 55.2 Å². The fraction of sp³-hybridized carbons (Fsp3) is 0.208. The van der Waals surface area contributed by atoms with Crippen molar-refractivity contribution in [1.29, 1.82) is 0 Å². The summed E-state index contributed by atoms with van der Waals surface area (Å²) in [7, 11) is 2.90. The highest BCUT2D eigenvalue weighted by atomic mass is 19.1. The summed E-state index contributed by atoms with van der Waals surface area (Å²) in [6.45, 7) is 1.93. The molecule has 0 bridgehead atoms. The van der Waals surface area contributed by atoms with Crippen molar-refractivity contribution in [1.82, 2.24) is 30.0 Å². The van der Waals surface area contributed by atoms with Gasteiger partial charge in [0, 0.05) is 30.7 Å². The van der Waals surface area contributed by atoms with E-state index in [0.29, 0.717) is 29.9 Å². The molecule has 4 aromatic rings. The van der Waals surface area contributed by atoms with Crippen molar-refractivity contribution >= 4 is 17.5 Å². The number of carbonyl (C=O) groups is 1. The average Bonchev–Trinajstić information content (AvgIpc) is 3.32. The molecule has 0 aliphatic carbocycles. The molecule has 0 saturated heterocycles. The first-order chi connectivity index (χ1) is 16.5. The van der Waals surface area contributed by atoms with Crippen molar-refractivity contribution < 1.29 is 13.9 Å². The fourth-order valence-electron chi connectivity index (χ4n) is 3.34. The van der Waals surface area contributed by atoms with Crippen LogP contribution in [0.5, 0.6) is 5.75 Å². The Bertz CT molecular complexity index is 1290. The third-order valence-electron chi connectivity index (χ3n) is 5.21. The Balaban J connectivity index is 1.41. The van der Waals surface area contributed by atoms with Crippen LogP contribution in [0.25, 0.3) is 5.69 Å². The van der Waals surface area contributed by atoms with E-state index in [1.807, 2.05) is 25.3 Å². The number of nitrogens with zero attached hydrogens (tertiary/aromatic N) is 5. The van der Waals surface area contributed by atoms with Gasteiger partial charge < -0.3 is 15.4 Å². The van der Waals surface area contributed by atoms with Crippen molar-refractivity contribution in [3.05, 3.63) is 83.5 Å². The molecular formula is C24H24FN7O2. The smallest absolute Gasteiger partial charge is 0.251 e. The number of anilines is 2.